The molecule has 2 rings (SSSR count). The molecule has 3 heteroatoms. The Morgan fingerprint density at radius 3 is 2.71 bits per heavy atom. The van der Waals surface area contributed by atoms with Crippen molar-refractivity contribution in [2.75, 3.05) is 13.6 Å². The smallest absolute Gasteiger partial charge is 0.240 e. The van der Waals surface area contributed by atoms with Gasteiger partial charge in [0.15, 0.2) is 0 Å². The van der Waals surface area contributed by atoms with Crippen molar-refractivity contribution in [3.05, 3.63) is 35.9 Å². The molecule has 0 aliphatic carbocycles. The van der Waals surface area contributed by atoms with Crippen LogP contribution in [0.3, 0.4) is 0 Å². The Kier molecular flexibility index (Phi) is 3.79. The topological polar surface area (TPSA) is 32.3 Å². The lowest BCUT2D eigenvalue weighted by Gasteiger charge is -2.23. The van der Waals surface area contributed by atoms with E-state index in [2.05, 4.69) is 24.4 Å². The molecule has 1 aromatic rings. The van der Waals surface area contributed by atoms with Crippen molar-refractivity contribution >= 4 is 5.91 Å². The SMILES string of the molecule is CC1CCNC1C(=O)N(C)Cc1ccccc1. The third kappa shape index (κ3) is 2.86. The van der Waals surface area contributed by atoms with E-state index in [1.165, 1.54) is 5.56 Å². The minimum Gasteiger partial charge on any atom is -0.340 e. The van der Waals surface area contributed by atoms with Gasteiger partial charge in [0, 0.05) is 13.6 Å². The zero-order valence-corrected chi connectivity index (χ0v) is 10.5. The van der Waals surface area contributed by atoms with E-state index in [1.807, 2.05) is 30.1 Å². The van der Waals surface area contributed by atoms with E-state index in [4.69, 9.17) is 0 Å². The summed E-state index contributed by atoms with van der Waals surface area (Å²) in [6.45, 7) is 3.78. The first-order valence-electron chi connectivity index (χ1n) is 6.21. The van der Waals surface area contributed by atoms with Crippen LogP contribution in [0, 0.1) is 5.92 Å². The van der Waals surface area contributed by atoms with Crippen LogP contribution in [0.4, 0.5) is 0 Å². The van der Waals surface area contributed by atoms with Crippen LogP contribution < -0.4 is 5.32 Å². The first kappa shape index (κ1) is 12.1. The molecule has 1 heterocycles. The number of carbonyl (C=O) groups is 1. The summed E-state index contributed by atoms with van der Waals surface area (Å²) in [6.07, 6.45) is 1.09. The summed E-state index contributed by atoms with van der Waals surface area (Å²) in [5.41, 5.74) is 1.18. The van der Waals surface area contributed by atoms with Gasteiger partial charge in [-0.15, -0.1) is 0 Å². The average Bonchev–Trinajstić information content (AvgIpc) is 2.76. The molecule has 1 amide bonds. The second-order valence-electron chi connectivity index (χ2n) is 4.88. The molecule has 92 valence electrons. The predicted octanol–water partition coefficient (Wildman–Crippen LogP) is 1.64. The van der Waals surface area contributed by atoms with Crippen molar-refractivity contribution in [2.24, 2.45) is 5.92 Å². The number of benzene rings is 1. The fourth-order valence-electron chi connectivity index (χ4n) is 2.34. The molecule has 2 atom stereocenters. The summed E-state index contributed by atoms with van der Waals surface area (Å²) in [6, 6.07) is 10.1. The first-order chi connectivity index (χ1) is 8.18. The Labute approximate surface area is 103 Å². The van der Waals surface area contributed by atoms with Crippen LogP contribution in [-0.4, -0.2) is 30.4 Å². The van der Waals surface area contributed by atoms with Gasteiger partial charge >= 0.3 is 0 Å². The van der Waals surface area contributed by atoms with E-state index < -0.39 is 0 Å². The Morgan fingerprint density at radius 2 is 2.12 bits per heavy atom. The lowest BCUT2D eigenvalue weighted by atomic mass is 10.0. The molecule has 0 bridgehead atoms. The maximum Gasteiger partial charge on any atom is 0.240 e. The number of rotatable bonds is 3. The molecule has 0 radical (unpaired) electrons. The van der Waals surface area contributed by atoms with Crippen LogP contribution in [0.2, 0.25) is 0 Å². The number of nitrogens with one attached hydrogen (secondary N) is 1. The number of hydrogen-bond donors (Lipinski definition) is 1. The van der Waals surface area contributed by atoms with Gasteiger partial charge in [0.2, 0.25) is 5.91 Å². The highest BCUT2D eigenvalue weighted by Crippen LogP contribution is 2.17. The van der Waals surface area contributed by atoms with E-state index in [1.54, 1.807) is 0 Å². The van der Waals surface area contributed by atoms with Gasteiger partial charge in [-0.2, -0.15) is 0 Å². The second kappa shape index (κ2) is 5.32. The standard InChI is InChI=1S/C14H20N2O/c1-11-8-9-15-13(11)14(17)16(2)10-12-6-4-3-5-7-12/h3-7,11,13,15H,8-10H2,1-2H3. The number of nitrogens with zero attached hydrogens (tertiary/aromatic N) is 1. The molecular weight excluding hydrogens is 212 g/mol. The van der Waals surface area contributed by atoms with Crippen molar-refractivity contribution in [2.45, 2.75) is 25.9 Å². The quantitative estimate of drug-likeness (QED) is 0.859. The fourth-order valence-corrected chi connectivity index (χ4v) is 2.34. The van der Waals surface area contributed by atoms with Crippen molar-refractivity contribution in [3.8, 4) is 0 Å². The van der Waals surface area contributed by atoms with E-state index >= 15 is 0 Å². The van der Waals surface area contributed by atoms with E-state index in [0.29, 0.717) is 12.5 Å². The van der Waals surface area contributed by atoms with Gasteiger partial charge in [-0.25, -0.2) is 0 Å². The molecule has 0 saturated carbocycles. The van der Waals surface area contributed by atoms with Crippen LogP contribution in [-0.2, 0) is 11.3 Å². The molecule has 1 aliphatic rings. The Bertz CT molecular complexity index is 377. The molecule has 1 N–H and O–H groups in total. The second-order valence-corrected chi connectivity index (χ2v) is 4.88. The summed E-state index contributed by atoms with van der Waals surface area (Å²) in [5.74, 6) is 0.652. The minimum absolute atomic E-state index is 0.00344. The molecule has 17 heavy (non-hydrogen) atoms. The van der Waals surface area contributed by atoms with Gasteiger partial charge in [0.25, 0.3) is 0 Å². The lowest BCUT2D eigenvalue weighted by Crippen LogP contribution is -2.43. The zero-order valence-electron chi connectivity index (χ0n) is 10.5. The van der Waals surface area contributed by atoms with E-state index in [-0.39, 0.29) is 11.9 Å². The number of amides is 1. The Balaban J connectivity index is 1.96. The number of likely N-dealkylation sites (N-methyl/N-ethyl adjacent to an activating group) is 1. The number of carbonyl (C=O) groups excluding carboxylic acids is 1. The molecule has 0 aromatic heterocycles. The van der Waals surface area contributed by atoms with Gasteiger partial charge in [-0.3, -0.25) is 4.79 Å². The van der Waals surface area contributed by atoms with Gasteiger partial charge in [0.1, 0.15) is 0 Å². The van der Waals surface area contributed by atoms with Gasteiger partial charge in [-0.1, -0.05) is 37.3 Å². The largest absolute Gasteiger partial charge is 0.340 e. The van der Waals surface area contributed by atoms with Crippen LogP contribution in [0.15, 0.2) is 30.3 Å². The van der Waals surface area contributed by atoms with Crippen molar-refractivity contribution in [1.29, 1.82) is 0 Å². The van der Waals surface area contributed by atoms with Crippen LogP contribution in [0.25, 0.3) is 0 Å². The Morgan fingerprint density at radius 1 is 1.41 bits per heavy atom. The number of hydrogen-bond acceptors (Lipinski definition) is 2. The van der Waals surface area contributed by atoms with Crippen LogP contribution in [0.1, 0.15) is 18.9 Å². The summed E-state index contributed by atoms with van der Waals surface area (Å²) < 4.78 is 0. The highest BCUT2D eigenvalue weighted by molar-refractivity contribution is 5.82. The van der Waals surface area contributed by atoms with E-state index in [9.17, 15) is 4.79 Å². The fraction of sp³-hybridized carbons (Fsp3) is 0.500. The summed E-state index contributed by atoms with van der Waals surface area (Å²) in [4.78, 5) is 14.0. The summed E-state index contributed by atoms with van der Waals surface area (Å²) >= 11 is 0. The van der Waals surface area contributed by atoms with Crippen LogP contribution >= 0.6 is 0 Å². The maximum atomic E-state index is 12.2. The third-order valence-corrected chi connectivity index (χ3v) is 3.44. The predicted molar refractivity (Wildman–Crippen MR) is 68.5 cm³/mol. The van der Waals surface area contributed by atoms with Crippen LogP contribution in [0.5, 0.6) is 0 Å². The molecule has 3 nitrogen and oxygen atoms in total. The lowest BCUT2D eigenvalue weighted by molar-refractivity contribution is -0.133. The normalized spacial score (nSPS) is 23.6. The molecule has 1 aliphatic heterocycles. The highest BCUT2D eigenvalue weighted by atomic mass is 16.2. The van der Waals surface area contributed by atoms with Gasteiger partial charge in [0.05, 0.1) is 6.04 Å². The monoisotopic (exact) mass is 232 g/mol. The first-order valence-corrected chi connectivity index (χ1v) is 6.21. The zero-order chi connectivity index (χ0) is 12.3. The van der Waals surface area contributed by atoms with E-state index in [0.717, 1.165) is 13.0 Å². The molecule has 1 fully saturated rings. The third-order valence-electron chi connectivity index (χ3n) is 3.44. The van der Waals surface area contributed by atoms with Crippen molar-refractivity contribution in [1.82, 2.24) is 10.2 Å². The minimum atomic E-state index is 0.00344. The Hall–Kier alpha value is -1.35. The molecule has 1 aromatic carbocycles. The van der Waals surface area contributed by atoms with Crippen molar-refractivity contribution < 1.29 is 4.79 Å². The molecule has 2 unspecified atom stereocenters. The summed E-state index contributed by atoms with van der Waals surface area (Å²) in [7, 11) is 1.88. The maximum absolute atomic E-state index is 12.2. The molecular formula is C14H20N2O. The average molecular weight is 232 g/mol. The van der Waals surface area contributed by atoms with Crippen molar-refractivity contribution in [3.63, 3.8) is 0 Å². The molecule has 1 saturated heterocycles. The highest BCUT2D eigenvalue weighted by Gasteiger charge is 2.31. The summed E-state index contributed by atoms with van der Waals surface area (Å²) in [5, 5.41) is 3.28. The molecule has 0 spiro atoms. The van der Waals surface area contributed by atoms with Gasteiger partial charge < -0.3 is 10.2 Å². The van der Waals surface area contributed by atoms with Gasteiger partial charge in [-0.05, 0) is 24.4 Å².